The fourth-order valence-electron chi connectivity index (χ4n) is 7.55. The summed E-state index contributed by atoms with van der Waals surface area (Å²) in [5.41, 5.74) is -0.747. The van der Waals surface area contributed by atoms with Crippen LogP contribution in [0.5, 0.6) is 0 Å². The van der Waals surface area contributed by atoms with E-state index in [1.165, 1.54) is 5.57 Å². The van der Waals surface area contributed by atoms with E-state index >= 15 is 0 Å². The van der Waals surface area contributed by atoms with Gasteiger partial charge in [0, 0.05) is 16.7 Å². The minimum Gasteiger partial charge on any atom is -0.411 e. The maximum absolute atomic E-state index is 11.5. The van der Waals surface area contributed by atoms with Crippen molar-refractivity contribution in [1.82, 2.24) is 0 Å². The molecule has 0 aromatic rings. The van der Waals surface area contributed by atoms with Crippen LogP contribution in [0, 0.1) is 34.5 Å². The number of hydrogen-bond donors (Lipinski definition) is 5. The van der Waals surface area contributed by atoms with Crippen molar-refractivity contribution >= 4 is 11.4 Å². The molecule has 3 fully saturated rings. The van der Waals surface area contributed by atoms with Crippen molar-refractivity contribution in [3.8, 4) is 0 Å². The molecule has 4 rings (SSSR count). The Bertz CT molecular complexity index is 820. The molecule has 0 aromatic carbocycles. The third kappa shape index (κ3) is 2.53. The van der Waals surface area contributed by atoms with Crippen LogP contribution in [0.1, 0.15) is 46.5 Å². The Kier molecular flexibility index (Phi) is 4.72. The van der Waals surface area contributed by atoms with Crippen LogP contribution in [-0.2, 0) is 0 Å². The summed E-state index contributed by atoms with van der Waals surface area (Å²) in [6.07, 6.45) is 7.58. The predicted molar refractivity (Wildman–Crippen MR) is 108 cm³/mol. The van der Waals surface area contributed by atoms with Crippen LogP contribution >= 0.6 is 0 Å². The molecule has 0 spiro atoms. The zero-order valence-corrected chi connectivity index (χ0v) is 17.3. The molecule has 4 aliphatic rings. The summed E-state index contributed by atoms with van der Waals surface area (Å²) < 4.78 is 0. The normalized spacial score (nSPS) is 50.7. The molecule has 3 saturated carbocycles. The van der Waals surface area contributed by atoms with E-state index in [0.29, 0.717) is 18.6 Å². The molecule has 7 nitrogen and oxygen atoms in total. The van der Waals surface area contributed by atoms with E-state index in [4.69, 9.17) is 0 Å². The van der Waals surface area contributed by atoms with Gasteiger partial charge < -0.3 is 25.7 Å². The SMILES string of the molecule is C[C@H]1CC2[C@H]([C@@H](O)C[C@@]3(C)[C@H]2CC[C@]3(O)/C(CO)=N/O)[C@@]2(C)C=CC(=NO)C=C12. The molecule has 0 aromatic heterocycles. The standard InChI is InChI=1S/C22H32N2O5/c1-12-8-14-15-5-7-22(27,18(11-25)24-29)21(15,3)10-17(26)19(14)20(2)6-4-13(23-28)9-16(12)20/h4,6,9,12,14-15,17,19,25-29H,5,7-8,10-11H2,1-3H3/b23-13?,24-18+/t12-,14?,15-,17-,19+,20-,21-,22-/m0/s1. The van der Waals surface area contributed by atoms with E-state index in [1.54, 1.807) is 0 Å². The number of rotatable bonds is 2. The summed E-state index contributed by atoms with van der Waals surface area (Å²) >= 11 is 0. The lowest BCUT2D eigenvalue weighted by Gasteiger charge is -2.61. The molecule has 8 atom stereocenters. The first-order valence-electron chi connectivity index (χ1n) is 10.5. The Balaban J connectivity index is 1.78. The van der Waals surface area contributed by atoms with Crippen LogP contribution in [0.15, 0.2) is 34.1 Å². The lowest BCUT2D eigenvalue weighted by molar-refractivity contribution is -0.148. The molecular weight excluding hydrogens is 372 g/mol. The molecule has 7 heteroatoms. The van der Waals surface area contributed by atoms with Gasteiger partial charge in [-0.25, -0.2) is 0 Å². The van der Waals surface area contributed by atoms with E-state index in [9.17, 15) is 25.7 Å². The third-order valence-electron chi connectivity index (χ3n) is 8.84. The topological polar surface area (TPSA) is 126 Å². The molecule has 0 saturated heterocycles. The number of hydrogen-bond acceptors (Lipinski definition) is 7. The van der Waals surface area contributed by atoms with Crippen LogP contribution in [0.25, 0.3) is 0 Å². The van der Waals surface area contributed by atoms with Crippen molar-refractivity contribution in [2.45, 2.75) is 58.2 Å². The molecular formula is C22H32N2O5. The molecule has 0 aliphatic heterocycles. The zero-order valence-electron chi connectivity index (χ0n) is 17.3. The minimum absolute atomic E-state index is 0.00879. The quantitative estimate of drug-likeness (QED) is 0.274. The number of oxime groups is 2. The third-order valence-corrected chi connectivity index (χ3v) is 8.84. The molecule has 0 radical (unpaired) electrons. The number of aliphatic hydroxyl groups is 3. The molecule has 0 heterocycles. The molecule has 160 valence electrons. The highest BCUT2D eigenvalue weighted by molar-refractivity contribution is 6.05. The first-order chi connectivity index (χ1) is 13.7. The van der Waals surface area contributed by atoms with E-state index in [2.05, 4.69) is 30.2 Å². The van der Waals surface area contributed by atoms with Crippen molar-refractivity contribution in [3.63, 3.8) is 0 Å². The van der Waals surface area contributed by atoms with Gasteiger partial charge in [-0.2, -0.15) is 0 Å². The highest BCUT2D eigenvalue weighted by Crippen LogP contribution is 2.67. The Morgan fingerprint density at radius 2 is 2.00 bits per heavy atom. The van der Waals surface area contributed by atoms with Gasteiger partial charge in [0.05, 0.1) is 12.7 Å². The Morgan fingerprint density at radius 3 is 2.62 bits per heavy atom. The summed E-state index contributed by atoms with van der Waals surface area (Å²) in [6, 6.07) is 0. The van der Waals surface area contributed by atoms with Crippen LogP contribution in [0.2, 0.25) is 0 Å². The molecule has 0 amide bonds. The van der Waals surface area contributed by atoms with Crippen molar-refractivity contribution < 1.29 is 25.7 Å². The second-order valence-electron chi connectivity index (χ2n) is 9.97. The lowest BCUT2D eigenvalue weighted by Crippen LogP contribution is -2.62. The number of nitrogens with zero attached hydrogens (tertiary/aromatic N) is 2. The number of fused-ring (bicyclic) bond motifs is 5. The van der Waals surface area contributed by atoms with E-state index < -0.39 is 23.7 Å². The van der Waals surface area contributed by atoms with Crippen LogP contribution in [0.3, 0.4) is 0 Å². The fourth-order valence-corrected chi connectivity index (χ4v) is 7.55. The first kappa shape index (κ1) is 20.6. The lowest BCUT2D eigenvalue weighted by atomic mass is 9.44. The maximum Gasteiger partial charge on any atom is 0.114 e. The largest absolute Gasteiger partial charge is 0.411 e. The molecule has 0 bridgehead atoms. The summed E-state index contributed by atoms with van der Waals surface area (Å²) in [4.78, 5) is 0. The zero-order chi connectivity index (χ0) is 21.2. The maximum atomic E-state index is 11.5. The Morgan fingerprint density at radius 1 is 1.28 bits per heavy atom. The monoisotopic (exact) mass is 404 g/mol. The van der Waals surface area contributed by atoms with Gasteiger partial charge >= 0.3 is 0 Å². The minimum atomic E-state index is -1.42. The van der Waals surface area contributed by atoms with Gasteiger partial charge in [0.2, 0.25) is 0 Å². The second-order valence-corrected chi connectivity index (χ2v) is 9.97. The number of allylic oxidation sites excluding steroid dienone is 4. The molecule has 5 N–H and O–H groups in total. The van der Waals surface area contributed by atoms with E-state index in [0.717, 1.165) is 12.8 Å². The summed E-state index contributed by atoms with van der Waals surface area (Å²) in [6.45, 7) is 5.78. The van der Waals surface area contributed by atoms with Gasteiger partial charge in [-0.05, 0) is 55.6 Å². The van der Waals surface area contributed by atoms with Crippen molar-refractivity contribution in [2.75, 3.05) is 6.61 Å². The van der Waals surface area contributed by atoms with Crippen molar-refractivity contribution in [1.29, 1.82) is 0 Å². The Labute approximate surface area is 171 Å². The average Bonchev–Trinajstić information content (AvgIpc) is 2.93. The molecule has 29 heavy (non-hydrogen) atoms. The van der Waals surface area contributed by atoms with Crippen LogP contribution in [0.4, 0.5) is 0 Å². The smallest absolute Gasteiger partial charge is 0.114 e. The van der Waals surface area contributed by atoms with Crippen molar-refractivity contribution in [2.24, 2.45) is 44.8 Å². The predicted octanol–water partition coefficient (Wildman–Crippen LogP) is 2.33. The average molecular weight is 405 g/mol. The fraction of sp³-hybridized carbons (Fsp3) is 0.727. The van der Waals surface area contributed by atoms with Gasteiger partial charge in [0.1, 0.15) is 17.0 Å². The van der Waals surface area contributed by atoms with Gasteiger partial charge in [-0.15, -0.1) is 0 Å². The van der Waals surface area contributed by atoms with Crippen molar-refractivity contribution in [3.05, 3.63) is 23.8 Å². The highest BCUT2D eigenvalue weighted by Gasteiger charge is 2.68. The first-order valence-corrected chi connectivity index (χ1v) is 10.5. The summed E-state index contributed by atoms with van der Waals surface area (Å²) in [5.74, 6) is 0.567. The summed E-state index contributed by atoms with van der Waals surface area (Å²) in [5, 5.41) is 57.7. The molecule has 4 aliphatic carbocycles. The van der Waals surface area contributed by atoms with E-state index in [-0.39, 0.29) is 34.8 Å². The number of aliphatic hydroxyl groups excluding tert-OH is 2. The second kappa shape index (κ2) is 6.65. The van der Waals surface area contributed by atoms with E-state index in [1.807, 2.05) is 19.1 Å². The molecule has 1 unspecified atom stereocenters. The van der Waals surface area contributed by atoms with Gasteiger partial charge in [-0.3, -0.25) is 0 Å². The van der Waals surface area contributed by atoms with Gasteiger partial charge in [-0.1, -0.05) is 42.7 Å². The van der Waals surface area contributed by atoms with Gasteiger partial charge in [0.25, 0.3) is 0 Å². The van der Waals surface area contributed by atoms with Crippen LogP contribution in [-0.4, -0.2) is 55.5 Å². The van der Waals surface area contributed by atoms with Gasteiger partial charge in [0.15, 0.2) is 0 Å². The van der Waals surface area contributed by atoms with Crippen LogP contribution < -0.4 is 0 Å². The summed E-state index contributed by atoms with van der Waals surface area (Å²) in [7, 11) is 0. The highest BCUT2D eigenvalue weighted by atomic mass is 16.4. The Hall–Kier alpha value is -1.70.